The van der Waals surface area contributed by atoms with Crippen molar-refractivity contribution in [3.05, 3.63) is 23.3 Å². The molecule has 0 atom stereocenters. The summed E-state index contributed by atoms with van der Waals surface area (Å²) in [5.74, 6) is 2.47. The second-order valence-electron chi connectivity index (χ2n) is 4.13. The summed E-state index contributed by atoms with van der Waals surface area (Å²) in [6.45, 7) is 3.92. The van der Waals surface area contributed by atoms with Gasteiger partial charge in [0.25, 0.3) is 0 Å². The molecule has 0 aliphatic heterocycles. The quantitative estimate of drug-likeness (QED) is 0.483. The van der Waals surface area contributed by atoms with Crippen LogP contribution in [0.1, 0.15) is 24.0 Å². The Balaban J connectivity index is 2.99. The predicted molar refractivity (Wildman–Crippen MR) is 73.6 cm³/mol. The summed E-state index contributed by atoms with van der Waals surface area (Å²) in [5, 5.41) is 0. The molecular weight excluding hydrogens is 248 g/mol. The highest BCUT2D eigenvalue weighted by atomic mass is 32.2. The van der Waals surface area contributed by atoms with Crippen LogP contribution in [0.3, 0.4) is 0 Å². The molecule has 0 amide bonds. The number of nitrogen functional groups attached to an aromatic ring is 1. The Morgan fingerprint density at radius 1 is 1.39 bits per heavy atom. The average molecular weight is 266 g/mol. The fourth-order valence-electron chi connectivity index (χ4n) is 1.64. The minimum absolute atomic E-state index is 0.170. The van der Waals surface area contributed by atoms with Gasteiger partial charge in [-0.15, -0.1) is 12.3 Å². The van der Waals surface area contributed by atoms with Crippen LogP contribution in [0.15, 0.2) is 17.0 Å². The van der Waals surface area contributed by atoms with E-state index < -0.39 is 10.0 Å². The molecule has 18 heavy (non-hydrogen) atoms. The number of nitrogens with two attached hydrogens (primary N) is 1. The van der Waals surface area contributed by atoms with Gasteiger partial charge in [-0.1, -0.05) is 6.07 Å². The molecular formula is C13H18N2O2S. The van der Waals surface area contributed by atoms with Crippen LogP contribution in [0.5, 0.6) is 0 Å². The number of hydrogen-bond donors (Lipinski definition) is 2. The van der Waals surface area contributed by atoms with Gasteiger partial charge in [-0.25, -0.2) is 13.1 Å². The van der Waals surface area contributed by atoms with Crippen molar-refractivity contribution in [2.75, 3.05) is 12.3 Å². The van der Waals surface area contributed by atoms with Crippen molar-refractivity contribution in [2.45, 2.75) is 31.6 Å². The van der Waals surface area contributed by atoms with Crippen molar-refractivity contribution < 1.29 is 8.42 Å². The van der Waals surface area contributed by atoms with Gasteiger partial charge in [-0.2, -0.15) is 0 Å². The van der Waals surface area contributed by atoms with Gasteiger partial charge >= 0.3 is 0 Å². The molecule has 4 nitrogen and oxygen atoms in total. The molecule has 0 saturated carbocycles. The number of anilines is 1. The minimum atomic E-state index is -3.57. The van der Waals surface area contributed by atoms with Crippen molar-refractivity contribution in [1.82, 2.24) is 4.72 Å². The van der Waals surface area contributed by atoms with Gasteiger partial charge in [0.05, 0.1) is 5.69 Å². The molecule has 5 heteroatoms. The van der Waals surface area contributed by atoms with Crippen LogP contribution in [0.25, 0.3) is 0 Å². The van der Waals surface area contributed by atoms with Gasteiger partial charge in [-0.05, 0) is 37.5 Å². The third-order valence-corrected chi connectivity index (χ3v) is 4.43. The van der Waals surface area contributed by atoms with Crippen LogP contribution >= 0.6 is 0 Å². The molecule has 0 aromatic heterocycles. The van der Waals surface area contributed by atoms with E-state index in [-0.39, 0.29) is 10.6 Å². The summed E-state index contributed by atoms with van der Waals surface area (Å²) in [7, 11) is -3.57. The summed E-state index contributed by atoms with van der Waals surface area (Å²) in [6, 6.07) is 3.42. The van der Waals surface area contributed by atoms with Crippen molar-refractivity contribution in [3.63, 3.8) is 0 Å². The standard InChI is InChI=1S/C13H18N2O2S/c1-4-5-6-9-15-18(16,17)13-11(3)10(2)7-8-12(13)14/h1,7-8,15H,5-6,9,14H2,2-3H3. The Morgan fingerprint density at radius 2 is 2.06 bits per heavy atom. The fraction of sp³-hybridized carbons (Fsp3) is 0.385. The number of hydrogen-bond acceptors (Lipinski definition) is 3. The molecule has 0 aliphatic carbocycles. The zero-order chi connectivity index (χ0) is 13.8. The molecule has 3 N–H and O–H groups in total. The molecule has 0 bridgehead atoms. The third-order valence-electron chi connectivity index (χ3n) is 2.77. The maximum atomic E-state index is 12.1. The number of benzene rings is 1. The number of sulfonamides is 1. The molecule has 0 radical (unpaired) electrons. The van der Waals surface area contributed by atoms with Gasteiger partial charge in [0.2, 0.25) is 10.0 Å². The molecule has 0 fully saturated rings. The van der Waals surface area contributed by atoms with Crippen LogP contribution in [0, 0.1) is 26.2 Å². The topological polar surface area (TPSA) is 72.2 Å². The highest BCUT2D eigenvalue weighted by molar-refractivity contribution is 7.89. The van der Waals surface area contributed by atoms with E-state index in [1.54, 1.807) is 13.0 Å². The van der Waals surface area contributed by atoms with E-state index in [2.05, 4.69) is 10.6 Å². The summed E-state index contributed by atoms with van der Waals surface area (Å²) in [5.41, 5.74) is 7.60. The molecule has 1 aromatic carbocycles. The van der Waals surface area contributed by atoms with Crippen LogP contribution in [0.4, 0.5) is 5.69 Å². The van der Waals surface area contributed by atoms with E-state index >= 15 is 0 Å². The Hall–Kier alpha value is -1.51. The zero-order valence-electron chi connectivity index (χ0n) is 10.7. The van der Waals surface area contributed by atoms with E-state index in [9.17, 15) is 8.42 Å². The third kappa shape index (κ3) is 3.25. The first-order valence-electron chi connectivity index (χ1n) is 5.69. The van der Waals surface area contributed by atoms with Gasteiger partial charge in [0.1, 0.15) is 4.90 Å². The van der Waals surface area contributed by atoms with Gasteiger partial charge in [-0.3, -0.25) is 0 Å². The van der Waals surface area contributed by atoms with E-state index in [1.807, 2.05) is 13.0 Å². The smallest absolute Gasteiger partial charge is 0.242 e. The first-order valence-corrected chi connectivity index (χ1v) is 7.17. The molecule has 0 spiro atoms. The lowest BCUT2D eigenvalue weighted by atomic mass is 10.1. The average Bonchev–Trinajstić information content (AvgIpc) is 2.30. The van der Waals surface area contributed by atoms with Crippen molar-refractivity contribution >= 4 is 15.7 Å². The van der Waals surface area contributed by atoms with E-state index in [0.717, 1.165) is 5.56 Å². The molecule has 1 rings (SSSR count). The number of unbranched alkanes of at least 4 members (excludes halogenated alkanes) is 1. The van der Waals surface area contributed by atoms with Crippen LogP contribution in [-0.2, 0) is 10.0 Å². The number of aryl methyl sites for hydroxylation is 1. The Morgan fingerprint density at radius 3 is 2.67 bits per heavy atom. The molecule has 0 aliphatic rings. The Bertz CT molecular complexity index is 571. The van der Waals surface area contributed by atoms with Gasteiger partial charge in [0, 0.05) is 13.0 Å². The maximum absolute atomic E-state index is 12.1. The molecule has 0 unspecified atom stereocenters. The second kappa shape index (κ2) is 5.89. The van der Waals surface area contributed by atoms with Gasteiger partial charge < -0.3 is 5.73 Å². The molecule has 98 valence electrons. The first-order chi connectivity index (χ1) is 8.40. The SMILES string of the molecule is C#CCCCNS(=O)(=O)c1c(N)ccc(C)c1C. The van der Waals surface area contributed by atoms with Crippen molar-refractivity contribution in [1.29, 1.82) is 0 Å². The van der Waals surface area contributed by atoms with E-state index in [4.69, 9.17) is 12.2 Å². The molecule has 0 heterocycles. The molecule has 0 saturated heterocycles. The van der Waals surface area contributed by atoms with Gasteiger partial charge in [0.15, 0.2) is 0 Å². The monoisotopic (exact) mass is 266 g/mol. The normalized spacial score (nSPS) is 11.2. The summed E-state index contributed by atoms with van der Waals surface area (Å²) >= 11 is 0. The number of terminal acetylenes is 1. The van der Waals surface area contributed by atoms with Crippen molar-refractivity contribution in [3.8, 4) is 12.3 Å². The highest BCUT2D eigenvalue weighted by Gasteiger charge is 2.20. The lowest BCUT2D eigenvalue weighted by Gasteiger charge is -2.13. The van der Waals surface area contributed by atoms with Crippen molar-refractivity contribution in [2.24, 2.45) is 0 Å². The Kier molecular flexibility index (Phi) is 4.76. The first kappa shape index (κ1) is 14.6. The van der Waals surface area contributed by atoms with Crippen LogP contribution in [-0.4, -0.2) is 15.0 Å². The highest BCUT2D eigenvalue weighted by Crippen LogP contribution is 2.24. The van der Waals surface area contributed by atoms with E-state index in [1.165, 1.54) is 0 Å². The molecule has 1 aromatic rings. The van der Waals surface area contributed by atoms with Crippen LogP contribution < -0.4 is 10.5 Å². The Labute approximate surface area is 109 Å². The van der Waals surface area contributed by atoms with E-state index in [0.29, 0.717) is 24.9 Å². The lowest BCUT2D eigenvalue weighted by molar-refractivity contribution is 0.579. The number of rotatable bonds is 5. The summed E-state index contributed by atoms with van der Waals surface area (Å²) < 4.78 is 26.8. The zero-order valence-corrected chi connectivity index (χ0v) is 11.5. The number of nitrogens with one attached hydrogen (secondary N) is 1. The second-order valence-corrected chi connectivity index (χ2v) is 5.84. The minimum Gasteiger partial charge on any atom is -0.398 e. The largest absolute Gasteiger partial charge is 0.398 e. The van der Waals surface area contributed by atoms with Crippen LogP contribution in [0.2, 0.25) is 0 Å². The maximum Gasteiger partial charge on any atom is 0.242 e. The predicted octanol–water partition coefficient (Wildman–Crippen LogP) is 1.58. The summed E-state index contributed by atoms with van der Waals surface area (Å²) in [4.78, 5) is 0.170. The fourth-order valence-corrected chi connectivity index (χ4v) is 3.14. The summed E-state index contributed by atoms with van der Waals surface area (Å²) in [6.07, 6.45) is 6.27. The lowest BCUT2D eigenvalue weighted by Crippen LogP contribution is -2.26.